The molecule has 0 spiro atoms. The van der Waals surface area contributed by atoms with Gasteiger partial charge in [0.15, 0.2) is 0 Å². The molecule has 0 saturated carbocycles. The van der Waals surface area contributed by atoms with Gasteiger partial charge < -0.3 is 10.8 Å². The van der Waals surface area contributed by atoms with Crippen LogP contribution in [0.15, 0.2) is 18.2 Å². The first kappa shape index (κ1) is 15.7. The molecule has 0 aliphatic heterocycles. The van der Waals surface area contributed by atoms with E-state index in [0.717, 1.165) is 5.56 Å². The molecule has 0 aromatic heterocycles. The maximum Gasteiger partial charge on any atom is 0.311 e. The van der Waals surface area contributed by atoms with Crippen molar-refractivity contribution in [1.29, 1.82) is 0 Å². The Hall–Kier alpha value is -1.35. The Morgan fingerprint density at radius 3 is 2.37 bits per heavy atom. The quantitative estimate of drug-likeness (QED) is 0.829. The molecule has 0 aliphatic rings. The molecule has 1 aromatic carbocycles. The molecule has 0 aliphatic carbocycles. The van der Waals surface area contributed by atoms with Crippen molar-refractivity contribution in [2.24, 2.45) is 17.1 Å². The molecule has 19 heavy (non-hydrogen) atoms. The Morgan fingerprint density at radius 1 is 1.32 bits per heavy atom. The van der Waals surface area contributed by atoms with Crippen molar-refractivity contribution < 1.29 is 9.90 Å². The van der Waals surface area contributed by atoms with Gasteiger partial charge in [-0.05, 0) is 49.3 Å². The smallest absolute Gasteiger partial charge is 0.311 e. The van der Waals surface area contributed by atoms with Gasteiger partial charge in [0.2, 0.25) is 0 Å². The van der Waals surface area contributed by atoms with E-state index in [4.69, 9.17) is 5.73 Å². The van der Waals surface area contributed by atoms with E-state index >= 15 is 0 Å². The average molecular weight is 263 g/mol. The number of carboxylic acid groups (broad SMARTS) is 1. The molecular formula is C16H25NO2. The van der Waals surface area contributed by atoms with Crippen molar-refractivity contribution in [2.75, 3.05) is 6.54 Å². The van der Waals surface area contributed by atoms with Crippen molar-refractivity contribution >= 4 is 5.97 Å². The Morgan fingerprint density at radius 2 is 1.95 bits per heavy atom. The number of aryl methyl sites for hydroxylation is 2. The third-order valence-corrected chi connectivity index (χ3v) is 3.76. The van der Waals surface area contributed by atoms with Crippen molar-refractivity contribution in [2.45, 2.75) is 40.5 Å². The number of hydrogen-bond acceptors (Lipinski definition) is 2. The molecule has 0 radical (unpaired) electrons. The Balaban J connectivity index is 3.06. The van der Waals surface area contributed by atoms with Gasteiger partial charge in [-0.25, -0.2) is 0 Å². The second-order valence-corrected chi connectivity index (χ2v) is 5.98. The minimum atomic E-state index is -0.851. The van der Waals surface area contributed by atoms with Gasteiger partial charge in [0, 0.05) is 6.54 Å². The van der Waals surface area contributed by atoms with E-state index in [1.54, 1.807) is 0 Å². The number of carbonyl (C=O) groups is 1. The van der Waals surface area contributed by atoms with Crippen LogP contribution in [0.25, 0.3) is 0 Å². The molecular weight excluding hydrogens is 238 g/mol. The van der Waals surface area contributed by atoms with E-state index in [0.29, 0.717) is 18.8 Å². The van der Waals surface area contributed by atoms with Crippen molar-refractivity contribution in [3.05, 3.63) is 34.9 Å². The third-order valence-electron chi connectivity index (χ3n) is 3.76. The van der Waals surface area contributed by atoms with Crippen LogP contribution >= 0.6 is 0 Å². The summed E-state index contributed by atoms with van der Waals surface area (Å²) in [6.45, 7) is 8.35. The van der Waals surface area contributed by atoms with Crippen molar-refractivity contribution in [3.63, 3.8) is 0 Å². The van der Waals surface area contributed by atoms with Crippen LogP contribution in [-0.4, -0.2) is 17.6 Å². The maximum atomic E-state index is 11.7. The fraction of sp³-hybridized carbons (Fsp3) is 0.562. The van der Waals surface area contributed by atoms with E-state index in [2.05, 4.69) is 13.0 Å². The summed E-state index contributed by atoms with van der Waals surface area (Å²) in [5, 5.41) is 9.58. The van der Waals surface area contributed by atoms with Crippen LogP contribution < -0.4 is 5.73 Å². The summed E-state index contributed by atoms with van der Waals surface area (Å²) >= 11 is 0. The number of nitrogens with two attached hydrogens (primary N) is 1. The molecule has 1 rings (SSSR count). The zero-order valence-electron chi connectivity index (χ0n) is 12.4. The molecule has 3 heteroatoms. The Kier molecular flexibility index (Phi) is 5.12. The van der Waals surface area contributed by atoms with Crippen LogP contribution in [0.5, 0.6) is 0 Å². The van der Waals surface area contributed by atoms with Gasteiger partial charge in [0.25, 0.3) is 0 Å². The molecule has 0 fully saturated rings. The fourth-order valence-electron chi connectivity index (χ4n) is 2.56. The molecule has 1 unspecified atom stereocenters. The normalized spacial score (nSPS) is 14.4. The monoisotopic (exact) mass is 263 g/mol. The van der Waals surface area contributed by atoms with Gasteiger partial charge in [-0.3, -0.25) is 4.79 Å². The van der Waals surface area contributed by atoms with Crippen LogP contribution in [0.3, 0.4) is 0 Å². The predicted octanol–water partition coefficient (Wildman–Crippen LogP) is 2.92. The van der Waals surface area contributed by atoms with Crippen molar-refractivity contribution in [1.82, 2.24) is 0 Å². The fourth-order valence-corrected chi connectivity index (χ4v) is 2.56. The molecule has 3 nitrogen and oxygen atoms in total. The first-order valence-corrected chi connectivity index (χ1v) is 6.80. The van der Waals surface area contributed by atoms with E-state index in [9.17, 15) is 9.90 Å². The summed E-state index contributed by atoms with van der Waals surface area (Å²) in [4.78, 5) is 11.7. The van der Waals surface area contributed by atoms with Gasteiger partial charge in [0.1, 0.15) is 0 Å². The number of rotatable bonds is 6. The van der Waals surface area contributed by atoms with Crippen molar-refractivity contribution in [3.8, 4) is 0 Å². The predicted molar refractivity (Wildman–Crippen MR) is 78.2 cm³/mol. The Bertz CT molecular complexity index is 454. The first-order chi connectivity index (χ1) is 8.80. The van der Waals surface area contributed by atoms with Crippen LogP contribution in [0.4, 0.5) is 0 Å². The molecule has 0 saturated heterocycles. The number of benzene rings is 1. The van der Waals surface area contributed by atoms with Crippen LogP contribution in [0.1, 0.15) is 37.0 Å². The van der Waals surface area contributed by atoms with Gasteiger partial charge in [-0.2, -0.15) is 0 Å². The molecule has 0 amide bonds. The van der Waals surface area contributed by atoms with Gasteiger partial charge in [-0.1, -0.05) is 32.0 Å². The van der Waals surface area contributed by atoms with Gasteiger partial charge >= 0.3 is 5.97 Å². The minimum absolute atomic E-state index is 0.174. The lowest BCUT2D eigenvalue weighted by atomic mass is 9.75. The average Bonchev–Trinajstić information content (AvgIpc) is 2.32. The van der Waals surface area contributed by atoms with Gasteiger partial charge in [0.05, 0.1) is 5.41 Å². The third kappa shape index (κ3) is 3.80. The second-order valence-electron chi connectivity index (χ2n) is 5.98. The zero-order valence-corrected chi connectivity index (χ0v) is 12.4. The molecule has 0 bridgehead atoms. The maximum absolute atomic E-state index is 11.7. The lowest BCUT2D eigenvalue weighted by Crippen LogP contribution is -2.41. The summed E-state index contributed by atoms with van der Waals surface area (Å²) in [6.07, 6.45) is 1.10. The molecule has 0 heterocycles. The standard InChI is InChI=1S/C16H25NO2/c1-11(2)8-16(10-17,15(18)19)9-14-6-5-12(3)13(4)7-14/h5-7,11H,8-10,17H2,1-4H3,(H,18,19). The number of hydrogen-bond donors (Lipinski definition) is 2. The van der Waals surface area contributed by atoms with E-state index in [1.807, 2.05) is 32.9 Å². The summed E-state index contributed by atoms with van der Waals surface area (Å²) in [6, 6.07) is 6.13. The highest BCUT2D eigenvalue weighted by Crippen LogP contribution is 2.31. The molecule has 106 valence electrons. The number of aliphatic carboxylic acids is 1. The SMILES string of the molecule is Cc1ccc(CC(CN)(CC(C)C)C(=O)O)cc1C. The second kappa shape index (κ2) is 6.20. The van der Waals surface area contributed by atoms with Crippen LogP contribution in [0.2, 0.25) is 0 Å². The molecule has 1 aromatic rings. The van der Waals surface area contributed by atoms with Crippen LogP contribution in [-0.2, 0) is 11.2 Å². The zero-order chi connectivity index (χ0) is 14.6. The lowest BCUT2D eigenvalue weighted by molar-refractivity contribution is -0.149. The van der Waals surface area contributed by atoms with E-state index in [1.165, 1.54) is 11.1 Å². The van der Waals surface area contributed by atoms with Gasteiger partial charge in [-0.15, -0.1) is 0 Å². The largest absolute Gasteiger partial charge is 0.481 e. The topological polar surface area (TPSA) is 63.3 Å². The Labute approximate surface area is 115 Å². The van der Waals surface area contributed by atoms with E-state index < -0.39 is 11.4 Å². The highest BCUT2D eigenvalue weighted by atomic mass is 16.4. The van der Waals surface area contributed by atoms with Crippen LogP contribution in [0, 0.1) is 25.2 Å². The first-order valence-electron chi connectivity index (χ1n) is 6.80. The molecule has 1 atom stereocenters. The minimum Gasteiger partial charge on any atom is -0.481 e. The lowest BCUT2D eigenvalue weighted by Gasteiger charge is -2.30. The summed E-state index contributed by atoms with van der Waals surface area (Å²) in [5.41, 5.74) is 8.41. The summed E-state index contributed by atoms with van der Waals surface area (Å²) < 4.78 is 0. The highest BCUT2D eigenvalue weighted by molar-refractivity contribution is 5.75. The highest BCUT2D eigenvalue weighted by Gasteiger charge is 2.37. The summed E-state index contributed by atoms with van der Waals surface area (Å²) in [7, 11) is 0. The van der Waals surface area contributed by atoms with E-state index in [-0.39, 0.29) is 6.54 Å². The summed E-state index contributed by atoms with van der Waals surface area (Å²) in [5.74, 6) is -0.479. The molecule has 3 N–H and O–H groups in total. The number of carboxylic acids is 1.